The van der Waals surface area contributed by atoms with E-state index in [1.807, 2.05) is 128 Å². The zero-order valence-corrected chi connectivity index (χ0v) is 33.5. The molecular weight excluding hydrogens is 814 g/mol. The number of rotatable bonds is 17. The number of fused-ring (bicyclic) bond motifs is 1. The molecule has 0 aliphatic rings. The Hall–Kier alpha value is -4.04. The number of aromatic nitrogens is 3. The van der Waals surface area contributed by atoms with Crippen molar-refractivity contribution in [1.29, 1.82) is 0 Å². The number of sulfonamides is 1. The maximum absolute atomic E-state index is 14.9. The molecule has 55 heavy (non-hydrogen) atoms. The topological polar surface area (TPSA) is 149 Å². The predicted molar refractivity (Wildman–Crippen MR) is 210 cm³/mol. The van der Waals surface area contributed by atoms with Gasteiger partial charge in [0.05, 0.1) is 22.0 Å². The van der Waals surface area contributed by atoms with Crippen molar-refractivity contribution >= 4 is 26.5 Å². The van der Waals surface area contributed by atoms with Gasteiger partial charge in [-0.25, -0.2) is 8.42 Å². The van der Waals surface area contributed by atoms with Crippen LogP contribution < -0.4 is 4.90 Å². The molecule has 0 fully saturated rings. The van der Waals surface area contributed by atoms with E-state index in [-0.39, 0.29) is 58.2 Å². The van der Waals surface area contributed by atoms with Crippen LogP contribution in [-0.2, 0) is 70.3 Å². The summed E-state index contributed by atoms with van der Waals surface area (Å²) in [5, 5.41) is 1.60. The summed E-state index contributed by atoms with van der Waals surface area (Å²) in [6, 6.07) is 40.3. The fourth-order valence-electron chi connectivity index (χ4n) is 6.24. The normalized spacial score (nSPS) is 11.0. The molecule has 1 radical (unpaired) electrons. The van der Waals surface area contributed by atoms with Crippen molar-refractivity contribution in [2.24, 2.45) is 0 Å². The van der Waals surface area contributed by atoms with Crippen LogP contribution in [-0.4, -0.2) is 88.7 Å². The Morgan fingerprint density at radius 2 is 1.05 bits per heavy atom. The minimum Gasteiger partial charge on any atom is -0.412 e. The average Bonchev–Trinajstić information content (AvgIpc) is 3.15. The fourth-order valence-corrected chi connectivity index (χ4v) is 7.87. The number of hydrogen-bond acceptors (Lipinski definition) is 8. The van der Waals surface area contributed by atoms with Crippen LogP contribution in [0.1, 0.15) is 22.6 Å². The van der Waals surface area contributed by atoms with Crippen LogP contribution in [0.2, 0.25) is 0 Å². The minimum atomic E-state index is -3.95. The first-order valence-electron chi connectivity index (χ1n) is 17.2. The van der Waals surface area contributed by atoms with Gasteiger partial charge < -0.3 is 15.9 Å². The van der Waals surface area contributed by atoms with E-state index < -0.39 is 10.0 Å². The molecule has 3 aromatic carbocycles. The number of anilines is 1. The first kappa shape index (κ1) is 47.1. The van der Waals surface area contributed by atoms with Crippen LogP contribution in [0.25, 0.3) is 10.8 Å². The quantitative estimate of drug-likeness (QED) is 0.0953. The third kappa shape index (κ3) is 13.0. The van der Waals surface area contributed by atoms with E-state index in [0.717, 1.165) is 33.7 Å². The zero-order valence-electron chi connectivity index (χ0n) is 30.8. The van der Waals surface area contributed by atoms with Gasteiger partial charge in [0, 0.05) is 102 Å². The summed E-state index contributed by atoms with van der Waals surface area (Å²) >= 11 is 0. The summed E-state index contributed by atoms with van der Waals surface area (Å²) in [6.07, 6.45) is 5.36. The minimum absolute atomic E-state index is 0. The molecule has 0 bridgehead atoms. The summed E-state index contributed by atoms with van der Waals surface area (Å²) in [4.78, 5) is 20.5. The van der Waals surface area contributed by atoms with Crippen LogP contribution in [0.3, 0.4) is 0 Å². The Morgan fingerprint density at radius 3 is 1.53 bits per heavy atom. The number of pyridine rings is 3. The van der Waals surface area contributed by atoms with Gasteiger partial charge in [-0.15, -0.1) is 5.56 Å². The van der Waals surface area contributed by atoms with Gasteiger partial charge in [0.15, 0.2) is 0 Å². The smallest absolute Gasteiger partial charge is 0.412 e. The molecule has 3 heterocycles. The number of nitrogens with zero attached hydrogens (tertiary/aromatic N) is 7. The fraction of sp³-hybridized carbons (Fsp3) is 0.244. The third-order valence-electron chi connectivity index (χ3n) is 8.79. The number of hydrogen-bond donors (Lipinski definition) is 0. The van der Waals surface area contributed by atoms with E-state index in [9.17, 15) is 8.42 Å². The molecule has 0 aliphatic heterocycles. The van der Waals surface area contributed by atoms with E-state index in [2.05, 4.69) is 30.8 Å². The molecule has 0 amide bonds. The van der Waals surface area contributed by atoms with Crippen molar-refractivity contribution in [3.8, 4) is 0 Å². The van der Waals surface area contributed by atoms with Gasteiger partial charge in [0.2, 0.25) is 10.0 Å². The SMILES string of the molecule is CN(C)c1cccc2c(S(=O)(=O)N(CCN(Cc3[c-]cccc3)Cc3ccccn3)CCN(Cc3ccccn3)Cc3ccccn3)cccc12.O.O.[Cu+2].[Cu+]. The van der Waals surface area contributed by atoms with Crippen LogP contribution in [0.15, 0.2) is 139 Å². The second-order valence-electron chi connectivity index (χ2n) is 12.7. The van der Waals surface area contributed by atoms with Crippen molar-refractivity contribution in [3.63, 3.8) is 0 Å². The maximum Gasteiger partial charge on any atom is 2.00 e. The first-order chi connectivity index (χ1) is 24.9. The third-order valence-corrected chi connectivity index (χ3v) is 10.7. The predicted octanol–water partition coefficient (Wildman–Crippen LogP) is 4.63. The molecule has 6 aromatic rings. The maximum atomic E-state index is 14.9. The van der Waals surface area contributed by atoms with E-state index >= 15 is 0 Å². The Kier molecular flexibility index (Phi) is 19.8. The molecular formula is C41H48Cu2N7O4S+2. The van der Waals surface area contributed by atoms with Crippen molar-refractivity contribution < 1.29 is 53.5 Å². The van der Waals surface area contributed by atoms with E-state index in [1.54, 1.807) is 29.0 Å². The zero-order chi connectivity index (χ0) is 35.5. The summed E-state index contributed by atoms with van der Waals surface area (Å²) in [7, 11) is -0.000906. The van der Waals surface area contributed by atoms with Crippen molar-refractivity contribution in [2.45, 2.75) is 31.1 Å². The molecule has 0 saturated carbocycles. The molecule has 11 nitrogen and oxygen atoms in total. The Morgan fingerprint density at radius 1 is 0.564 bits per heavy atom. The second kappa shape index (κ2) is 23.1. The van der Waals surface area contributed by atoms with Crippen molar-refractivity contribution in [3.05, 3.63) is 163 Å². The van der Waals surface area contributed by atoms with Gasteiger partial charge in [0.1, 0.15) is 0 Å². The monoisotopic (exact) mass is 860 g/mol. The molecule has 297 valence electrons. The van der Waals surface area contributed by atoms with E-state index in [0.29, 0.717) is 49.6 Å². The molecule has 4 N–H and O–H groups in total. The Labute approximate surface area is 346 Å². The molecule has 0 atom stereocenters. The summed E-state index contributed by atoms with van der Waals surface area (Å²) in [6.45, 7) is 3.83. The van der Waals surface area contributed by atoms with Gasteiger partial charge in [0.25, 0.3) is 0 Å². The molecule has 14 heteroatoms. The molecule has 6 rings (SSSR count). The van der Waals surface area contributed by atoms with Gasteiger partial charge in [-0.1, -0.05) is 42.5 Å². The number of benzene rings is 3. The average molecular weight is 862 g/mol. The molecule has 3 aromatic heterocycles. The van der Waals surface area contributed by atoms with Gasteiger partial charge >= 0.3 is 34.1 Å². The van der Waals surface area contributed by atoms with Gasteiger partial charge in [-0.2, -0.15) is 34.6 Å². The van der Waals surface area contributed by atoms with Crippen molar-refractivity contribution in [1.82, 2.24) is 29.1 Å². The summed E-state index contributed by atoms with van der Waals surface area (Å²) in [5.74, 6) is 0. The molecule has 0 aliphatic carbocycles. The van der Waals surface area contributed by atoms with E-state index in [1.165, 1.54) is 0 Å². The molecule has 0 saturated heterocycles. The Bertz CT molecular complexity index is 1910. The van der Waals surface area contributed by atoms with Crippen molar-refractivity contribution in [2.75, 3.05) is 45.2 Å². The van der Waals surface area contributed by atoms with E-state index in [4.69, 9.17) is 0 Å². The molecule has 0 spiro atoms. The van der Waals surface area contributed by atoms with Gasteiger partial charge in [-0.3, -0.25) is 24.8 Å². The summed E-state index contributed by atoms with van der Waals surface area (Å²) in [5.41, 5.74) is 4.74. The standard InChI is InChI=1S/C41H44N7O2S.2Cu.2H2O/c1-45(2)40-21-12-20-39-38(40)19-13-22-41(39)51(49,50)48(28-26-46(30-34-14-4-3-5-15-34)31-35-16-6-9-23-42-35)29-27-47(32-36-17-7-10-24-43-36)33-37-18-8-11-25-44-37;;;;/h3-14,16-25H,26-33H2,1-2H3;;;2*1H2/q-1;+1;+2;;. The largest absolute Gasteiger partial charge is 2.00 e. The van der Waals surface area contributed by atoms with Gasteiger partial charge in [-0.05, 0) is 48.5 Å². The second-order valence-corrected chi connectivity index (χ2v) is 14.6. The van der Waals surface area contributed by atoms with Crippen LogP contribution in [0, 0.1) is 6.07 Å². The first-order valence-corrected chi connectivity index (χ1v) is 18.6. The summed E-state index contributed by atoms with van der Waals surface area (Å²) < 4.78 is 31.5. The van der Waals surface area contributed by atoms with Crippen LogP contribution >= 0.6 is 0 Å². The van der Waals surface area contributed by atoms with Crippen LogP contribution in [0.4, 0.5) is 5.69 Å². The van der Waals surface area contributed by atoms with Crippen LogP contribution in [0.5, 0.6) is 0 Å². The molecule has 0 unspecified atom stereocenters. The Balaban J connectivity index is 0.00000261.